The van der Waals surface area contributed by atoms with Gasteiger partial charge in [-0.1, -0.05) is 35.5 Å². The highest BCUT2D eigenvalue weighted by Gasteiger charge is 2.33. The molecule has 0 unspecified atom stereocenters. The van der Waals surface area contributed by atoms with Gasteiger partial charge in [-0.05, 0) is 25.0 Å². The van der Waals surface area contributed by atoms with E-state index < -0.39 is 10.0 Å². The standard InChI is InChI=1S/C21H21N3O5S/c25-30(26,17-6-7-18-19(14-17)28-13-12-27-18)24-10-8-16(9-11-24)21-22-20(23-29-21)15-4-2-1-3-5-15/h1-7,14,16H,8-13H2. The predicted molar refractivity (Wildman–Crippen MR) is 108 cm³/mol. The molecule has 0 N–H and O–H groups in total. The van der Waals surface area contributed by atoms with Gasteiger partial charge in [-0.2, -0.15) is 9.29 Å². The first-order valence-corrected chi connectivity index (χ1v) is 11.3. The minimum atomic E-state index is -3.61. The number of rotatable bonds is 4. The molecule has 2 aliphatic heterocycles. The van der Waals surface area contributed by atoms with E-state index in [2.05, 4.69) is 10.1 Å². The first-order valence-electron chi connectivity index (χ1n) is 9.90. The van der Waals surface area contributed by atoms with E-state index in [-0.39, 0.29) is 10.8 Å². The van der Waals surface area contributed by atoms with Gasteiger partial charge in [0.2, 0.25) is 21.7 Å². The Labute approximate surface area is 174 Å². The molecule has 3 heterocycles. The number of sulfonamides is 1. The third kappa shape index (κ3) is 3.54. The summed E-state index contributed by atoms with van der Waals surface area (Å²) in [5.41, 5.74) is 0.895. The van der Waals surface area contributed by atoms with Crippen LogP contribution in [0.1, 0.15) is 24.7 Å². The van der Waals surface area contributed by atoms with Crippen LogP contribution in [0, 0.1) is 0 Å². The summed E-state index contributed by atoms with van der Waals surface area (Å²) in [6, 6.07) is 14.4. The number of nitrogens with zero attached hydrogens (tertiary/aromatic N) is 3. The molecule has 1 saturated heterocycles. The number of piperidine rings is 1. The molecule has 0 amide bonds. The molecule has 0 spiro atoms. The molecule has 0 atom stereocenters. The first-order chi connectivity index (χ1) is 14.6. The molecular formula is C21H21N3O5S. The molecule has 1 aromatic heterocycles. The summed E-state index contributed by atoms with van der Waals surface area (Å²) < 4.78 is 44.1. The van der Waals surface area contributed by atoms with Gasteiger partial charge < -0.3 is 14.0 Å². The summed E-state index contributed by atoms with van der Waals surface area (Å²) in [5.74, 6) is 2.20. The molecule has 8 nitrogen and oxygen atoms in total. The van der Waals surface area contributed by atoms with Crippen molar-refractivity contribution in [1.29, 1.82) is 0 Å². The van der Waals surface area contributed by atoms with Crippen molar-refractivity contribution in [2.24, 2.45) is 0 Å². The fourth-order valence-electron chi connectivity index (χ4n) is 3.78. The number of hydrogen-bond acceptors (Lipinski definition) is 7. The summed E-state index contributed by atoms with van der Waals surface area (Å²) in [6.07, 6.45) is 1.25. The smallest absolute Gasteiger partial charge is 0.243 e. The van der Waals surface area contributed by atoms with Crippen molar-refractivity contribution in [1.82, 2.24) is 14.4 Å². The molecule has 156 valence electrons. The minimum absolute atomic E-state index is 0.0432. The van der Waals surface area contributed by atoms with E-state index in [0.717, 1.165) is 5.56 Å². The SMILES string of the molecule is O=S(=O)(c1ccc2c(c1)OCCO2)N1CCC(c2nc(-c3ccccc3)no2)CC1. The maximum Gasteiger partial charge on any atom is 0.243 e. The summed E-state index contributed by atoms with van der Waals surface area (Å²) in [5, 5.41) is 4.07. The van der Waals surface area contributed by atoms with Gasteiger partial charge >= 0.3 is 0 Å². The topological polar surface area (TPSA) is 94.8 Å². The summed E-state index contributed by atoms with van der Waals surface area (Å²) in [4.78, 5) is 4.74. The number of aromatic nitrogens is 2. The van der Waals surface area contributed by atoms with Crippen LogP contribution in [0.25, 0.3) is 11.4 Å². The second-order valence-corrected chi connectivity index (χ2v) is 9.24. The lowest BCUT2D eigenvalue weighted by Gasteiger charge is -2.30. The molecule has 1 fully saturated rings. The molecule has 5 rings (SSSR count). The zero-order valence-corrected chi connectivity index (χ0v) is 17.0. The van der Waals surface area contributed by atoms with Crippen LogP contribution in [0.15, 0.2) is 57.9 Å². The Hall–Kier alpha value is -2.91. The molecule has 30 heavy (non-hydrogen) atoms. The van der Waals surface area contributed by atoms with E-state index in [1.807, 2.05) is 30.3 Å². The molecule has 3 aromatic rings. The Kier molecular flexibility index (Phi) is 4.92. The van der Waals surface area contributed by atoms with Crippen molar-refractivity contribution in [3.05, 3.63) is 54.4 Å². The van der Waals surface area contributed by atoms with E-state index >= 15 is 0 Å². The molecule has 0 saturated carbocycles. The van der Waals surface area contributed by atoms with Crippen LogP contribution in [-0.2, 0) is 10.0 Å². The number of ether oxygens (including phenoxy) is 2. The zero-order valence-electron chi connectivity index (χ0n) is 16.2. The van der Waals surface area contributed by atoms with Gasteiger partial charge in [0.05, 0.1) is 4.90 Å². The normalized spacial score (nSPS) is 17.7. The highest BCUT2D eigenvalue weighted by Crippen LogP contribution is 2.35. The monoisotopic (exact) mass is 427 g/mol. The highest BCUT2D eigenvalue weighted by molar-refractivity contribution is 7.89. The van der Waals surface area contributed by atoms with Gasteiger partial charge in [-0.25, -0.2) is 8.42 Å². The van der Waals surface area contributed by atoms with Crippen molar-refractivity contribution in [2.45, 2.75) is 23.7 Å². The number of fused-ring (bicyclic) bond motifs is 1. The molecule has 0 radical (unpaired) electrons. The number of hydrogen-bond donors (Lipinski definition) is 0. The summed E-state index contributed by atoms with van der Waals surface area (Å²) in [7, 11) is -3.61. The first kappa shape index (κ1) is 19.1. The van der Waals surface area contributed by atoms with Crippen LogP contribution < -0.4 is 9.47 Å². The van der Waals surface area contributed by atoms with E-state index in [1.54, 1.807) is 18.2 Å². The van der Waals surface area contributed by atoms with Gasteiger partial charge in [0.25, 0.3) is 0 Å². The van der Waals surface area contributed by atoms with Gasteiger partial charge in [0, 0.05) is 30.6 Å². The van der Waals surface area contributed by atoms with E-state index in [9.17, 15) is 8.42 Å². The fourth-order valence-corrected chi connectivity index (χ4v) is 5.27. The summed E-state index contributed by atoms with van der Waals surface area (Å²) in [6.45, 7) is 1.67. The van der Waals surface area contributed by atoms with Crippen LogP contribution in [0.3, 0.4) is 0 Å². The molecular weight excluding hydrogens is 406 g/mol. The predicted octanol–water partition coefficient (Wildman–Crippen LogP) is 3.08. The van der Waals surface area contributed by atoms with Gasteiger partial charge in [-0.3, -0.25) is 0 Å². The van der Waals surface area contributed by atoms with Gasteiger partial charge in [0.15, 0.2) is 11.5 Å². The Morgan fingerprint density at radius 1 is 0.933 bits per heavy atom. The van der Waals surface area contributed by atoms with Crippen LogP contribution in [0.5, 0.6) is 11.5 Å². The average molecular weight is 427 g/mol. The molecule has 2 aliphatic rings. The second kappa shape index (κ2) is 7.73. The fraction of sp³-hybridized carbons (Fsp3) is 0.333. The lowest BCUT2D eigenvalue weighted by Crippen LogP contribution is -2.38. The van der Waals surface area contributed by atoms with E-state index in [0.29, 0.717) is 62.4 Å². The quantitative estimate of drug-likeness (QED) is 0.631. The average Bonchev–Trinajstić information content (AvgIpc) is 3.30. The lowest BCUT2D eigenvalue weighted by atomic mass is 9.98. The Morgan fingerprint density at radius 2 is 1.67 bits per heavy atom. The second-order valence-electron chi connectivity index (χ2n) is 7.31. The maximum absolute atomic E-state index is 13.1. The molecule has 2 aromatic carbocycles. The largest absolute Gasteiger partial charge is 0.486 e. The van der Waals surface area contributed by atoms with Crippen molar-refractivity contribution in [3.8, 4) is 22.9 Å². The van der Waals surface area contributed by atoms with Crippen molar-refractivity contribution in [2.75, 3.05) is 26.3 Å². The highest BCUT2D eigenvalue weighted by atomic mass is 32.2. The third-order valence-electron chi connectivity index (χ3n) is 5.43. The van der Waals surface area contributed by atoms with Crippen molar-refractivity contribution < 1.29 is 22.4 Å². The van der Waals surface area contributed by atoms with Crippen LogP contribution >= 0.6 is 0 Å². The van der Waals surface area contributed by atoms with Gasteiger partial charge in [0.1, 0.15) is 13.2 Å². The Morgan fingerprint density at radius 3 is 2.43 bits per heavy atom. The van der Waals surface area contributed by atoms with Gasteiger partial charge in [-0.15, -0.1) is 0 Å². The number of benzene rings is 2. The van der Waals surface area contributed by atoms with Crippen molar-refractivity contribution in [3.63, 3.8) is 0 Å². The zero-order chi connectivity index (χ0) is 20.6. The lowest BCUT2D eigenvalue weighted by molar-refractivity contribution is 0.171. The third-order valence-corrected chi connectivity index (χ3v) is 7.32. The minimum Gasteiger partial charge on any atom is -0.486 e. The maximum atomic E-state index is 13.1. The Bertz CT molecular complexity index is 1140. The molecule has 0 aliphatic carbocycles. The van der Waals surface area contributed by atoms with Crippen molar-refractivity contribution >= 4 is 10.0 Å². The van der Waals surface area contributed by atoms with Crippen LogP contribution in [-0.4, -0.2) is 49.2 Å². The van der Waals surface area contributed by atoms with Crippen LogP contribution in [0.4, 0.5) is 0 Å². The van der Waals surface area contributed by atoms with E-state index in [1.165, 1.54) is 4.31 Å². The Balaban J connectivity index is 1.28. The molecule has 9 heteroatoms. The van der Waals surface area contributed by atoms with E-state index in [4.69, 9.17) is 14.0 Å². The molecule has 0 bridgehead atoms. The summed E-state index contributed by atoms with van der Waals surface area (Å²) >= 11 is 0. The van der Waals surface area contributed by atoms with Crippen LogP contribution in [0.2, 0.25) is 0 Å².